The molecule has 0 saturated carbocycles. The molecule has 0 aromatic rings. The third-order valence-corrected chi connectivity index (χ3v) is 4.17. The lowest BCUT2D eigenvalue weighted by Gasteiger charge is -2.10. The van der Waals surface area contributed by atoms with Crippen molar-refractivity contribution >= 4 is 62.5 Å². The molecule has 1 heterocycles. The summed E-state index contributed by atoms with van der Waals surface area (Å²) in [5.74, 6) is -0.424. The molecule has 1 rings (SSSR count). The fraction of sp³-hybridized carbons (Fsp3) is 1.00. The van der Waals surface area contributed by atoms with Crippen LogP contribution in [0.4, 0.5) is 0 Å². The van der Waals surface area contributed by atoms with Crippen LogP contribution in [0.3, 0.4) is 0 Å². The van der Waals surface area contributed by atoms with Gasteiger partial charge in [0.2, 0.25) is 0 Å². The molecule has 1 saturated heterocycles. The van der Waals surface area contributed by atoms with Crippen LogP contribution in [-0.4, -0.2) is 103 Å². The topological polar surface area (TPSA) is 348 Å². The van der Waals surface area contributed by atoms with Crippen molar-refractivity contribution < 1.29 is 89.7 Å². The summed E-state index contributed by atoms with van der Waals surface area (Å²) in [6.45, 7) is 3.00. The van der Waals surface area contributed by atoms with E-state index in [1.54, 1.807) is 6.92 Å². The SMILES string of the molecule is CCO.CCOS(=O)(=O)O.O=S(=O)(O)O.O=S(=O)=O.O=S(=O)=O.O=S1(=O)CCOS(=O)(=O)O1. The van der Waals surface area contributed by atoms with Crippen molar-refractivity contribution in [3.8, 4) is 0 Å². The van der Waals surface area contributed by atoms with Crippen molar-refractivity contribution in [1.82, 2.24) is 0 Å². The highest BCUT2D eigenvalue weighted by Gasteiger charge is 2.29. The standard InChI is InChI=1S/C2H4O6S2.C2H6O4S.C2H6O.H2O4S.2O3S/c3-9(4)2-1-7-10(5,6)8-9;1-2-6-7(3,4)5;1-2-3;1-5(2,3)4;2*1-4(2)3/h1-2H2;2H2,1H3,(H,3,4,5);3H,2H2,1H3;(H2,1,2,3,4);;. The number of aliphatic hydroxyl groups excluding tert-OH is 1. The van der Waals surface area contributed by atoms with Crippen molar-refractivity contribution in [3.05, 3.63) is 0 Å². The van der Waals surface area contributed by atoms with Crippen molar-refractivity contribution in [1.29, 1.82) is 0 Å². The van der Waals surface area contributed by atoms with Crippen LogP contribution in [0.2, 0.25) is 0 Å². The molecular formula is C6H18O21S6. The Hall–Kier alpha value is -1.24. The van der Waals surface area contributed by atoms with Crippen LogP contribution in [0, 0.1) is 0 Å². The normalized spacial score (nSPS) is 15.2. The van der Waals surface area contributed by atoms with E-state index in [0.717, 1.165) is 0 Å². The second-order valence-corrected chi connectivity index (χ2v) is 9.49. The van der Waals surface area contributed by atoms with Gasteiger partial charge in [0, 0.05) is 6.61 Å². The zero-order chi connectivity index (χ0) is 28.1. The molecule has 1 aliphatic rings. The van der Waals surface area contributed by atoms with E-state index in [0.29, 0.717) is 0 Å². The maximum absolute atomic E-state index is 10.4. The number of hydrogen-bond acceptors (Lipinski definition) is 18. The molecule has 0 radical (unpaired) electrons. The van der Waals surface area contributed by atoms with E-state index in [4.69, 9.17) is 52.4 Å². The second-order valence-electron chi connectivity index (χ2n) is 3.57. The molecule has 0 amide bonds. The largest absolute Gasteiger partial charge is 0.425 e. The Bertz CT molecular complexity index is 1050. The Balaban J connectivity index is -0.000000101. The van der Waals surface area contributed by atoms with Crippen LogP contribution >= 0.6 is 0 Å². The third kappa shape index (κ3) is 90.6. The first-order chi connectivity index (χ1) is 14.4. The van der Waals surface area contributed by atoms with Gasteiger partial charge in [-0.25, -0.2) is 8.37 Å². The Kier molecular flexibility index (Phi) is 27.1. The Morgan fingerprint density at radius 3 is 1.21 bits per heavy atom. The number of hydrogen-bond donors (Lipinski definition) is 4. The minimum Gasteiger partial charge on any atom is -0.397 e. The fourth-order valence-corrected chi connectivity index (χ4v) is 2.99. The summed E-state index contributed by atoms with van der Waals surface area (Å²) in [5, 5.41) is 7.57. The van der Waals surface area contributed by atoms with Crippen LogP contribution < -0.4 is 0 Å². The van der Waals surface area contributed by atoms with E-state index in [1.807, 2.05) is 0 Å². The maximum Gasteiger partial charge on any atom is 0.425 e. The molecule has 0 bridgehead atoms. The molecule has 0 aliphatic carbocycles. The van der Waals surface area contributed by atoms with Crippen LogP contribution in [0.5, 0.6) is 0 Å². The van der Waals surface area contributed by atoms with E-state index < -0.39 is 68.3 Å². The molecule has 0 atom stereocenters. The molecule has 0 aromatic heterocycles. The van der Waals surface area contributed by atoms with Crippen LogP contribution in [0.25, 0.3) is 0 Å². The Morgan fingerprint density at radius 1 is 0.848 bits per heavy atom. The first kappa shape index (κ1) is 42.0. The van der Waals surface area contributed by atoms with Crippen LogP contribution in [0.15, 0.2) is 0 Å². The Morgan fingerprint density at radius 2 is 1.12 bits per heavy atom. The van der Waals surface area contributed by atoms with E-state index >= 15 is 0 Å². The summed E-state index contributed by atoms with van der Waals surface area (Å²) in [4.78, 5) is 0. The molecule has 0 aromatic carbocycles. The monoisotopic (exact) mass is 618 g/mol. The van der Waals surface area contributed by atoms with Crippen LogP contribution in [-0.2, 0) is 74.5 Å². The van der Waals surface area contributed by atoms with Gasteiger partial charge in [0.25, 0.3) is 10.1 Å². The lowest BCUT2D eigenvalue weighted by atomic mass is 10.9. The second kappa shape index (κ2) is 21.3. The van der Waals surface area contributed by atoms with Gasteiger partial charge in [-0.2, -0.15) is 33.7 Å². The Labute approximate surface area is 191 Å². The van der Waals surface area contributed by atoms with Crippen molar-refractivity contribution in [2.45, 2.75) is 13.8 Å². The van der Waals surface area contributed by atoms with Crippen molar-refractivity contribution in [3.63, 3.8) is 0 Å². The summed E-state index contributed by atoms with van der Waals surface area (Å²) in [6, 6.07) is 0. The van der Waals surface area contributed by atoms with Crippen molar-refractivity contribution in [2.24, 2.45) is 0 Å². The van der Waals surface area contributed by atoms with Gasteiger partial charge < -0.3 is 5.11 Å². The quantitative estimate of drug-likeness (QED) is 0.213. The van der Waals surface area contributed by atoms with Gasteiger partial charge in [0.05, 0.1) is 13.2 Å². The number of rotatable bonds is 2. The van der Waals surface area contributed by atoms with Gasteiger partial charge in [-0.3, -0.25) is 13.7 Å². The summed E-state index contributed by atoms with van der Waals surface area (Å²) < 4.78 is 162. The molecule has 0 spiro atoms. The first-order valence-corrected chi connectivity index (χ1v) is 14.3. The maximum atomic E-state index is 10.4. The minimum absolute atomic E-state index is 0.0289. The summed E-state index contributed by atoms with van der Waals surface area (Å²) in [5.41, 5.74) is 0. The summed E-state index contributed by atoms with van der Waals surface area (Å²) >= 11 is 0. The third-order valence-electron chi connectivity index (χ3n) is 1.01. The van der Waals surface area contributed by atoms with Gasteiger partial charge in [-0.1, -0.05) is 0 Å². The van der Waals surface area contributed by atoms with E-state index in [9.17, 15) is 25.3 Å². The molecule has 4 N–H and O–H groups in total. The smallest absolute Gasteiger partial charge is 0.397 e. The average molecular weight is 619 g/mol. The van der Waals surface area contributed by atoms with Crippen LogP contribution in [0.1, 0.15) is 13.8 Å². The molecular weight excluding hydrogens is 600 g/mol. The molecule has 1 fully saturated rings. The highest BCUT2D eigenvalue weighted by molar-refractivity contribution is 7.98. The summed E-state index contributed by atoms with van der Waals surface area (Å²) in [6.07, 6.45) is 0. The first-order valence-electron chi connectivity index (χ1n) is 6.64. The van der Waals surface area contributed by atoms with E-state index in [-0.39, 0.29) is 19.8 Å². The van der Waals surface area contributed by atoms with Gasteiger partial charge >= 0.3 is 52.4 Å². The zero-order valence-electron chi connectivity index (χ0n) is 16.0. The highest BCUT2D eigenvalue weighted by Crippen LogP contribution is 2.09. The number of aliphatic hydroxyl groups is 1. The van der Waals surface area contributed by atoms with E-state index in [1.165, 1.54) is 6.92 Å². The molecule has 1 aliphatic heterocycles. The van der Waals surface area contributed by atoms with Gasteiger partial charge in [0.15, 0.2) is 0 Å². The molecule has 204 valence electrons. The van der Waals surface area contributed by atoms with Gasteiger partial charge in [0.1, 0.15) is 5.75 Å². The predicted molar refractivity (Wildman–Crippen MR) is 99.2 cm³/mol. The molecule has 21 nitrogen and oxygen atoms in total. The molecule has 0 unspecified atom stereocenters. The predicted octanol–water partition coefficient (Wildman–Crippen LogP) is -4.23. The summed E-state index contributed by atoms with van der Waals surface area (Å²) in [7, 11) is -23.2. The lowest BCUT2D eigenvalue weighted by Crippen LogP contribution is -2.27. The molecule has 27 heteroatoms. The zero-order valence-corrected chi connectivity index (χ0v) is 20.9. The van der Waals surface area contributed by atoms with Gasteiger partial charge in [-0.15, -0.1) is 28.9 Å². The average Bonchev–Trinajstić information content (AvgIpc) is 2.41. The van der Waals surface area contributed by atoms with Crippen molar-refractivity contribution in [2.75, 3.05) is 25.6 Å². The minimum atomic E-state index is -4.67. The lowest BCUT2D eigenvalue weighted by molar-refractivity contribution is 0.269. The molecule has 33 heavy (non-hydrogen) atoms. The fourth-order valence-electron chi connectivity index (χ4n) is 0.568. The van der Waals surface area contributed by atoms with Gasteiger partial charge in [-0.05, 0) is 13.8 Å². The van der Waals surface area contributed by atoms with E-state index in [2.05, 4.69) is 12.0 Å². The highest BCUT2D eigenvalue weighted by atomic mass is 32.3.